The third kappa shape index (κ3) is 3.96. The second-order valence-corrected chi connectivity index (χ2v) is 8.86. The van der Waals surface area contributed by atoms with Crippen molar-refractivity contribution in [3.63, 3.8) is 0 Å². The molecule has 3 aromatic rings. The third-order valence-corrected chi connectivity index (χ3v) is 6.54. The number of hydrogen-bond acceptors (Lipinski definition) is 7. The van der Waals surface area contributed by atoms with Gasteiger partial charge in [-0.2, -0.15) is 0 Å². The van der Waals surface area contributed by atoms with Crippen LogP contribution in [0.2, 0.25) is 0 Å². The first-order chi connectivity index (χ1) is 17.0. The maximum Gasteiger partial charge on any atom is 0.255 e. The van der Waals surface area contributed by atoms with Crippen molar-refractivity contribution < 1.29 is 19.1 Å². The number of imide groups is 1. The Hall–Kier alpha value is -4.34. The minimum atomic E-state index is -0.662. The van der Waals surface area contributed by atoms with Gasteiger partial charge in [0.2, 0.25) is 11.8 Å². The molecule has 2 aromatic carbocycles. The van der Waals surface area contributed by atoms with Gasteiger partial charge in [-0.05, 0) is 35.7 Å². The van der Waals surface area contributed by atoms with Gasteiger partial charge in [0.1, 0.15) is 24.1 Å². The molecule has 0 bridgehead atoms. The molecule has 0 spiro atoms. The average Bonchev–Trinajstić information content (AvgIpc) is 3.57. The van der Waals surface area contributed by atoms with E-state index in [1.807, 2.05) is 12.4 Å². The van der Waals surface area contributed by atoms with Gasteiger partial charge >= 0.3 is 0 Å². The lowest BCUT2D eigenvalue weighted by Crippen LogP contribution is -2.52. The largest absolute Gasteiger partial charge is 0.487 e. The van der Waals surface area contributed by atoms with Crippen LogP contribution in [0.5, 0.6) is 5.75 Å². The Morgan fingerprint density at radius 3 is 2.94 bits per heavy atom. The van der Waals surface area contributed by atoms with Crippen LogP contribution in [-0.4, -0.2) is 49.9 Å². The second kappa shape index (κ2) is 8.46. The average molecular weight is 470 g/mol. The van der Waals surface area contributed by atoms with Crippen LogP contribution in [0.1, 0.15) is 45.6 Å². The second-order valence-electron chi connectivity index (χ2n) is 8.86. The van der Waals surface area contributed by atoms with E-state index in [4.69, 9.17) is 4.74 Å². The van der Waals surface area contributed by atoms with Crippen LogP contribution in [0.4, 0.5) is 5.69 Å². The summed E-state index contributed by atoms with van der Waals surface area (Å²) in [5.41, 5.74) is 5.22. The molecule has 1 atom stereocenters. The van der Waals surface area contributed by atoms with Gasteiger partial charge in [0.05, 0.1) is 25.0 Å². The van der Waals surface area contributed by atoms with Gasteiger partial charge in [-0.25, -0.2) is 4.68 Å². The van der Waals surface area contributed by atoms with E-state index in [9.17, 15) is 14.4 Å². The molecule has 3 aliphatic rings. The van der Waals surface area contributed by atoms with E-state index in [1.54, 1.807) is 22.9 Å². The van der Waals surface area contributed by atoms with Crippen LogP contribution >= 0.6 is 0 Å². The molecule has 10 nitrogen and oxygen atoms in total. The quantitative estimate of drug-likeness (QED) is 0.550. The number of aliphatic imine (C=N–C) groups is 1. The van der Waals surface area contributed by atoms with Crippen LogP contribution in [0.3, 0.4) is 0 Å². The Morgan fingerprint density at radius 1 is 1.14 bits per heavy atom. The SMILES string of the molecule is O=C1CCC(N2Cc3c(OCc4cn(Cc5ccc6c(c5)N=CC6)nn4)cccc3C2=O)C(=O)N1. The molecule has 0 saturated carbocycles. The third-order valence-electron chi connectivity index (χ3n) is 6.54. The van der Waals surface area contributed by atoms with E-state index in [2.05, 4.69) is 38.8 Å². The van der Waals surface area contributed by atoms with Gasteiger partial charge in [0.15, 0.2) is 0 Å². The van der Waals surface area contributed by atoms with Gasteiger partial charge in [-0.1, -0.05) is 23.4 Å². The van der Waals surface area contributed by atoms with Crippen molar-refractivity contribution in [2.24, 2.45) is 4.99 Å². The number of amides is 3. The zero-order valence-electron chi connectivity index (χ0n) is 18.8. The lowest BCUT2D eigenvalue weighted by atomic mass is 10.0. The predicted octanol–water partition coefficient (Wildman–Crippen LogP) is 1.92. The van der Waals surface area contributed by atoms with Crippen molar-refractivity contribution in [2.45, 2.75) is 45.0 Å². The zero-order chi connectivity index (χ0) is 23.9. The number of nitrogens with zero attached hydrogens (tertiary/aromatic N) is 5. The van der Waals surface area contributed by atoms with Gasteiger partial charge in [0.25, 0.3) is 5.91 Å². The normalized spacial score (nSPS) is 18.6. The summed E-state index contributed by atoms with van der Waals surface area (Å²) >= 11 is 0. The predicted molar refractivity (Wildman–Crippen MR) is 124 cm³/mol. The standard InChI is InChI=1S/C25H22N6O4/c32-23-7-6-21(24(33)27-23)31-13-19-18(25(31)34)2-1-3-22(19)35-14-17-12-30(29-28-17)11-15-4-5-16-8-9-26-20(16)10-15/h1-5,9-10,12,21H,6-8,11,13-14H2,(H,27,32,33). The molecule has 0 radical (unpaired) electrons. The highest BCUT2D eigenvalue weighted by Crippen LogP contribution is 2.34. The molecule has 3 aliphatic heterocycles. The zero-order valence-corrected chi connectivity index (χ0v) is 18.8. The topological polar surface area (TPSA) is 119 Å². The van der Waals surface area contributed by atoms with Crippen LogP contribution in [0.15, 0.2) is 47.6 Å². The fourth-order valence-electron chi connectivity index (χ4n) is 4.76. The summed E-state index contributed by atoms with van der Waals surface area (Å²) in [4.78, 5) is 42.6. The van der Waals surface area contributed by atoms with Crippen molar-refractivity contribution in [1.29, 1.82) is 0 Å². The summed E-state index contributed by atoms with van der Waals surface area (Å²) in [5.74, 6) is -0.407. The maximum atomic E-state index is 13.0. The smallest absolute Gasteiger partial charge is 0.255 e. The fraction of sp³-hybridized carbons (Fsp3) is 0.280. The van der Waals surface area contributed by atoms with E-state index >= 15 is 0 Å². The molecule has 1 saturated heterocycles. The number of rotatable bonds is 6. The molecule has 10 heteroatoms. The molecule has 1 aromatic heterocycles. The van der Waals surface area contributed by atoms with Crippen molar-refractivity contribution in [1.82, 2.24) is 25.2 Å². The summed E-state index contributed by atoms with van der Waals surface area (Å²) < 4.78 is 7.77. The summed E-state index contributed by atoms with van der Waals surface area (Å²) in [7, 11) is 0. The molecule has 4 heterocycles. The van der Waals surface area contributed by atoms with Crippen LogP contribution in [-0.2, 0) is 35.7 Å². The number of fused-ring (bicyclic) bond motifs is 2. The molecule has 1 N–H and O–H groups in total. The summed E-state index contributed by atoms with van der Waals surface area (Å²) in [6.07, 6.45) is 5.16. The van der Waals surface area contributed by atoms with E-state index in [0.717, 1.165) is 23.2 Å². The van der Waals surface area contributed by atoms with Crippen LogP contribution < -0.4 is 10.1 Å². The van der Waals surface area contributed by atoms with Gasteiger partial charge in [-0.15, -0.1) is 5.10 Å². The van der Waals surface area contributed by atoms with Gasteiger partial charge in [0, 0.05) is 30.2 Å². The first-order valence-corrected chi connectivity index (χ1v) is 11.5. The minimum absolute atomic E-state index is 0.192. The number of hydrogen-bond donors (Lipinski definition) is 1. The van der Waals surface area contributed by atoms with E-state index in [0.29, 0.717) is 30.0 Å². The Bertz CT molecular complexity index is 1390. The number of benzene rings is 2. The van der Waals surface area contributed by atoms with Crippen LogP contribution in [0, 0.1) is 0 Å². The Labute approximate surface area is 200 Å². The Kier molecular flexibility index (Phi) is 5.13. The van der Waals surface area contributed by atoms with Crippen molar-refractivity contribution in [3.05, 3.63) is 70.5 Å². The maximum absolute atomic E-state index is 13.0. The highest BCUT2D eigenvalue weighted by atomic mass is 16.5. The lowest BCUT2D eigenvalue weighted by Gasteiger charge is -2.29. The molecule has 3 amide bonds. The van der Waals surface area contributed by atoms with E-state index < -0.39 is 11.9 Å². The van der Waals surface area contributed by atoms with E-state index in [-0.39, 0.29) is 31.4 Å². The number of aromatic nitrogens is 3. The van der Waals surface area contributed by atoms with Crippen molar-refractivity contribution in [2.75, 3.05) is 0 Å². The summed E-state index contributed by atoms with van der Waals surface area (Å²) in [6.45, 7) is 1.02. The van der Waals surface area contributed by atoms with Crippen LogP contribution in [0.25, 0.3) is 0 Å². The van der Waals surface area contributed by atoms with E-state index in [1.165, 1.54) is 10.5 Å². The molecule has 176 valence electrons. The first kappa shape index (κ1) is 21.2. The molecule has 6 rings (SSSR count). The summed E-state index contributed by atoms with van der Waals surface area (Å²) in [5, 5.41) is 10.7. The number of ether oxygens (including phenoxy) is 1. The molecule has 1 unspecified atom stereocenters. The Balaban J connectivity index is 1.13. The van der Waals surface area contributed by atoms with Gasteiger partial charge < -0.3 is 9.64 Å². The number of carbonyl (C=O) groups is 3. The monoisotopic (exact) mass is 470 g/mol. The highest BCUT2D eigenvalue weighted by molar-refractivity contribution is 6.05. The number of nitrogens with one attached hydrogen (secondary N) is 1. The van der Waals surface area contributed by atoms with Gasteiger partial charge in [-0.3, -0.25) is 24.7 Å². The van der Waals surface area contributed by atoms with Crippen molar-refractivity contribution in [3.8, 4) is 5.75 Å². The molecule has 35 heavy (non-hydrogen) atoms. The van der Waals surface area contributed by atoms with Crippen molar-refractivity contribution >= 4 is 29.6 Å². The minimum Gasteiger partial charge on any atom is -0.487 e. The molecular formula is C25H22N6O4. The highest BCUT2D eigenvalue weighted by Gasteiger charge is 2.40. The lowest BCUT2D eigenvalue weighted by molar-refractivity contribution is -0.136. The number of carbonyl (C=O) groups excluding carboxylic acids is 3. The molecule has 1 fully saturated rings. The number of piperidine rings is 1. The first-order valence-electron chi connectivity index (χ1n) is 11.5. The fourth-order valence-corrected chi connectivity index (χ4v) is 4.76. The molecular weight excluding hydrogens is 448 g/mol. The summed E-state index contributed by atoms with van der Waals surface area (Å²) in [6, 6.07) is 10.9. The Morgan fingerprint density at radius 2 is 2.06 bits per heavy atom. The molecule has 0 aliphatic carbocycles.